The minimum atomic E-state index is -0.968. The molecule has 0 fully saturated rings. The molecule has 2 aromatic heterocycles. The molecule has 2 heterocycles. The summed E-state index contributed by atoms with van der Waals surface area (Å²) in [4.78, 5) is 34.1. The van der Waals surface area contributed by atoms with E-state index in [1.165, 1.54) is 19.4 Å². The minimum absolute atomic E-state index is 0.112. The maximum Gasteiger partial charge on any atom is 0.514 e. The fraction of sp³-hybridized carbons (Fsp3) is 0.250. The number of amides is 1. The summed E-state index contributed by atoms with van der Waals surface area (Å²) in [5.41, 5.74) is 2.00. The average Bonchev–Trinajstić information content (AvgIpc) is 3.31. The van der Waals surface area contributed by atoms with Gasteiger partial charge in [-0.2, -0.15) is 5.10 Å². The Balaban J connectivity index is 1.62. The van der Waals surface area contributed by atoms with E-state index < -0.39 is 18.1 Å². The number of aryl methyl sites for hydroxylation is 1. The van der Waals surface area contributed by atoms with E-state index in [-0.39, 0.29) is 29.7 Å². The molecule has 196 valence electrons. The standard InChI is InChI=1S/C28H29N5O5/c1-5-37-28(35)38-24-21(36-4)16-17-29-23(24)27(34)30-18(2)25-31-26(33(3)32-25)22(19-12-8-6-9-13-19)20-14-10-7-11-15-20/h6-18,22H,5H2,1-4H3,(H,30,34)/t18-/m0/s1. The first kappa shape index (κ1) is 26.3. The molecule has 0 saturated carbocycles. The van der Waals surface area contributed by atoms with Crippen molar-refractivity contribution in [2.24, 2.45) is 7.05 Å². The number of hydrogen-bond acceptors (Lipinski definition) is 8. The topological polar surface area (TPSA) is 117 Å². The lowest BCUT2D eigenvalue weighted by Crippen LogP contribution is -2.29. The Hall–Kier alpha value is -4.73. The summed E-state index contributed by atoms with van der Waals surface area (Å²) in [6.45, 7) is 3.52. The first-order valence-corrected chi connectivity index (χ1v) is 12.1. The van der Waals surface area contributed by atoms with Gasteiger partial charge in [0.1, 0.15) is 5.82 Å². The van der Waals surface area contributed by atoms with Crippen molar-refractivity contribution in [1.29, 1.82) is 0 Å². The van der Waals surface area contributed by atoms with E-state index in [0.29, 0.717) is 5.82 Å². The van der Waals surface area contributed by atoms with E-state index >= 15 is 0 Å². The second-order valence-electron chi connectivity index (χ2n) is 8.38. The Labute approximate surface area is 220 Å². The van der Waals surface area contributed by atoms with Gasteiger partial charge in [-0.1, -0.05) is 60.7 Å². The first-order chi connectivity index (χ1) is 18.4. The van der Waals surface area contributed by atoms with Crippen LogP contribution in [-0.2, 0) is 11.8 Å². The number of rotatable bonds is 9. The normalized spacial score (nSPS) is 11.6. The van der Waals surface area contributed by atoms with Gasteiger partial charge in [-0.15, -0.1) is 0 Å². The van der Waals surface area contributed by atoms with Crippen LogP contribution in [0.1, 0.15) is 59.1 Å². The third-order valence-corrected chi connectivity index (χ3v) is 5.82. The molecule has 0 spiro atoms. The molecule has 38 heavy (non-hydrogen) atoms. The highest BCUT2D eigenvalue weighted by molar-refractivity contribution is 5.96. The molecule has 10 nitrogen and oxygen atoms in total. The number of nitrogens with zero attached hydrogens (tertiary/aromatic N) is 4. The molecule has 0 aliphatic rings. The van der Waals surface area contributed by atoms with Gasteiger partial charge in [-0.3, -0.25) is 9.48 Å². The van der Waals surface area contributed by atoms with E-state index in [0.717, 1.165) is 17.0 Å². The van der Waals surface area contributed by atoms with Gasteiger partial charge in [0.2, 0.25) is 5.75 Å². The third-order valence-electron chi connectivity index (χ3n) is 5.82. The molecule has 0 unspecified atom stereocenters. The zero-order valence-electron chi connectivity index (χ0n) is 21.6. The zero-order chi connectivity index (χ0) is 27.1. The van der Waals surface area contributed by atoms with E-state index in [1.54, 1.807) is 18.5 Å². The van der Waals surface area contributed by atoms with Crippen molar-refractivity contribution < 1.29 is 23.8 Å². The number of pyridine rings is 1. The van der Waals surface area contributed by atoms with Gasteiger partial charge < -0.3 is 19.5 Å². The van der Waals surface area contributed by atoms with Crippen molar-refractivity contribution in [3.05, 3.63) is 101 Å². The summed E-state index contributed by atoms with van der Waals surface area (Å²) in [5.74, 6) is 0.426. The molecule has 0 bridgehead atoms. The molecule has 4 rings (SSSR count). The molecule has 0 aliphatic heterocycles. The Morgan fingerprint density at radius 3 is 2.21 bits per heavy atom. The summed E-state index contributed by atoms with van der Waals surface area (Å²) < 4.78 is 17.0. The molecular formula is C28H29N5O5. The molecule has 0 saturated heterocycles. The van der Waals surface area contributed by atoms with Gasteiger partial charge in [0.05, 0.1) is 25.7 Å². The van der Waals surface area contributed by atoms with Crippen LogP contribution in [0.25, 0.3) is 0 Å². The highest BCUT2D eigenvalue weighted by Crippen LogP contribution is 2.32. The fourth-order valence-corrected chi connectivity index (χ4v) is 4.05. The summed E-state index contributed by atoms with van der Waals surface area (Å²) in [6, 6.07) is 21.0. The second-order valence-corrected chi connectivity index (χ2v) is 8.38. The van der Waals surface area contributed by atoms with Crippen LogP contribution in [0.15, 0.2) is 72.9 Å². The minimum Gasteiger partial charge on any atom is -0.493 e. The molecule has 10 heteroatoms. The lowest BCUT2D eigenvalue weighted by Gasteiger charge is -2.17. The number of carbonyl (C=O) groups is 2. The van der Waals surface area contributed by atoms with Crippen LogP contribution in [0, 0.1) is 0 Å². The molecule has 1 N–H and O–H groups in total. The molecule has 0 aliphatic carbocycles. The van der Waals surface area contributed by atoms with E-state index in [4.69, 9.17) is 19.2 Å². The number of carbonyl (C=O) groups excluding carboxylic acids is 2. The van der Waals surface area contributed by atoms with E-state index in [9.17, 15) is 9.59 Å². The fourth-order valence-electron chi connectivity index (χ4n) is 4.05. The van der Waals surface area contributed by atoms with Crippen LogP contribution >= 0.6 is 0 Å². The largest absolute Gasteiger partial charge is 0.514 e. The summed E-state index contributed by atoms with van der Waals surface area (Å²) in [6.07, 6.45) is 0.419. The molecule has 2 aromatic carbocycles. The van der Waals surface area contributed by atoms with Crippen molar-refractivity contribution in [1.82, 2.24) is 25.1 Å². The Morgan fingerprint density at radius 1 is 1.00 bits per heavy atom. The number of hydrogen-bond donors (Lipinski definition) is 1. The average molecular weight is 516 g/mol. The smallest absolute Gasteiger partial charge is 0.493 e. The van der Waals surface area contributed by atoms with Crippen LogP contribution in [0.5, 0.6) is 11.5 Å². The lowest BCUT2D eigenvalue weighted by molar-refractivity contribution is 0.0915. The monoisotopic (exact) mass is 515 g/mol. The van der Waals surface area contributed by atoms with Gasteiger partial charge in [0.15, 0.2) is 17.3 Å². The van der Waals surface area contributed by atoms with Crippen LogP contribution in [0.2, 0.25) is 0 Å². The van der Waals surface area contributed by atoms with Gasteiger partial charge in [-0.25, -0.2) is 14.8 Å². The number of aromatic nitrogens is 4. The van der Waals surface area contributed by atoms with Crippen LogP contribution in [-0.4, -0.2) is 45.5 Å². The number of methoxy groups -OCH3 is 1. The Kier molecular flexibility index (Phi) is 8.32. The SMILES string of the molecule is CCOC(=O)Oc1c(OC)ccnc1C(=O)N[C@@H](C)c1nc(C(c2ccccc2)c2ccccc2)n(C)n1. The first-order valence-electron chi connectivity index (χ1n) is 12.1. The van der Waals surface area contributed by atoms with Gasteiger partial charge in [0.25, 0.3) is 5.91 Å². The number of benzene rings is 2. The quantitative estimate of drug-likeness (QED) is 0.326. The molecule has 1 amide bonds. The van der Waals surface area contributed by atoms with E-state index in [2.05, 4.69) is 39.7 Å². The summed E-state index contributed by atoms with van der Waals surface area (Å²) >= 11 is 0. The summed E-state index contributed by atoms with van der Waals surface area (Å²) in [7, 11) is 3.22. The number of ether oxygens (including phenoxy) is 3. The Morgan fingerprint density at radius 2 is 1.63 bits per heavy atom. The lowest BCUT2D eigenvalue weighted by atomic mass is 9.90. The van der Waals surface area contributed by atoms with Gasteiger partial charge in [-0.05, 0) is 25.0 Å². The predicted molar refractivity (Wildman–Crippen MR) is 139 cm³/mol. The van der Waals surface area contributed by atoms with Gasteiger partial charge in [0, 0.05) is 19.3 Å². The number of nitrogens with one attached hydrogen (secondary N) is 1. The Bertz CT molecular complexity index is 1350. The highest BCUT2D eigenvalue weighted by Gasteiger charge is 2.27. The van der Waals surface area contributed by atoms with Crippen molar-refractivity contribution in [3.8, 4) is 11.5 Å². The van der Waals surface area contributed by atoms with Crippen molar-refractivity contribution in [3.63, 3.8) is 0 Å². The molecule has 1 atom stereocenters. The maximum absolute atomic E-state index is 13.2. The van der Waals surface area contributed by atoms with Gasteiger partial charge >= 0.3 is 6.16 Å². The zero-order valence-corrected chi connectivity index (χ0v) is 21.6. The molecule has 0 radical (unpaired) electrons. The summed E-state index contributed by atoms with van der Waals surface area (Å²) in [5, 5.41) is 7.44. The van der Waals surface area contributed by atoms with E-state index in [1.807, 2.05) is 43.4 Å². The van der Waals surface area contributed by atoms with Crippen molar-refractivity contribution in [2.45, 2.75) is 25.8 Å². The van der Waals surface area contributed by atoms with Crippen LogP contribution < -0.4 is 14.8 Å². The van der Waals surface area contributed by atoms with Crippen molar-refractivity contribution in [2.75, 3.05) is 13.7 Å². The van der Waals surface area contributed by atoms with Crippen molar-refractivity contribution >= 4 is 12.1 Å². The molecule has 4 aromatic rings. The van der Waals surface area contributed by atoms with Crippen LogP contribution in [0.3, 0.4) is 0 Å². The third kappa shape index (κ3) is 5.80. The predicted octanol–water partition coefficient (Wildman–Crippen LogP) is 4.43. The molecular weight excluding hydrogens is 486 g/mol. The second kappa shape index (κ2) is 12.0. The maximum atomic E-state index is 13.2. The van der Waals surface area contributed by atoms with Crippen LogP contribution in [0.4, 0.5) is 4.79 Å². The highest BCUT2D eigenvalue weighted by atomic mass is 16.7.